The molecule has 6 aromatic carbocycles. The van der Waals surface area contributed by atoms with Gasteiger partial charge in [0.15, 0.2) is 11.4 Å². The van der Waals surface area contributed by atoms with Crippen LogP contribution in [0, 0.1) is 0 Å². The Labute approximate surface area is 261 Å². The van der Waals surface area contributed by atoms with Gasteiger partial charge in [-0.25, -0.2) is 15.0 Å². The van der Waals surface area contributed by atoms with Crippen LogP contribution in [0.1, 0.15) is 11.8 Å². The van der Waals surface area contributed by atoms with Crippen molar-refractivity contribution in [1.29, 1.82) is 0 Å². The van der Waals surface area contributed by atoms with Gasteiger partial charge in [-0.05, 0) is 41.8 Å². The number of aliphatic hydroxyl groups excluding tert-OH is 1. The Kier molecular flexibility index (Phi) is 5.12. The minimum Gasteiger partial charge on any atom is -0.369 e. The highest BCUT2D eigenvalue weighted by Crippen LogP contribution is 2.48. The summed E-state index contributed by atoms with van der Waals surface area (Å²) in [6.07, 6.45) is -0.895. The van der Waals surface area contributed by atoms with Gasteiger partial charge >= 0.3 is 0 Å². The van der Waals surface area contributed by atoms with E-state index in [9.17, 15) is 5.11 Å². The number of nitrogens with zero attached hydrogens (tertiary/aromatic N) is 5. The van der Waals surface area contributed by atoms with Gasteiger partial charge in [-0.15, -0.1) is 0 Å². The number of para-hydroxylation sites is 3. The molecule has 0 saturated carbocycles. The van der Waals surface area contributed by atoms with E-state index in [4.69, 9.17) is 15.0 Å². The lowest BCUT2D eigenvalue weighted by Gasteiger charge is -2.25. The molecule has 0 spiro atoms. The zero-order valence-electron chi connectivity index (χ0n) is 23.8. The van der Waals surface area contributed by atoms with Gasteiger partial charge in [0.25, 0.3) is 0 Å². The Balaban J connectivity index is 1.31. The molecule has 6 nitrogen and oxygen atoms in total. The van der Waals surface area contributed by atoms with Crippen LogP contribution < -0.4 is 0 Å². The zero-order chi connectivity index (χ0) is 29.6. The zero-order valence-corrected chi connectivity index (χ0v) is 24.6. The third kappa shape index (κ3) is 3.47. The molecule has 0 radical (unpaired) electrons. The Morgan fingerprint density at radius 2 is 1.36 bits per heavy atom. The number of hydrogen-bond acceptors (Lipinski definition) is 5. The van der Waals surface area contributed by atoms with Crippen LogP contribution in [-0.2, 0) is 0 Å². The lowest BCUT2D eigenvalue weighted by Crippen LogP contribution is -2.16. The van der Waals surface area contributed by atoms with Crippen molar-refractivity contribution >= 4 is 66.3 Å². The fraction of sp³-hybridized carbons (Fsp3) is 0.0263. The largest absolute Gasteiger partial charge is 0.369 e. The summed E-state index contributed by atoms with van der Waals surface area (Å²) >= 11 is 1.59. The highest BCUT2D eigenvalue weighted by molar-refractivity contribution is 7.99. The molecule has 0 bridgehead atoms. The predicted molar refractivity (Wildman–Crippen MR) is 181 cm³/mol. The molecular weight excluding hydrogens is 575 g/mol. The number of rotatable bonds is 2. The third-order valence-corrected chi connectivity index (χ3v) is 9.98. The van der Waals surface area contributed by atoms with E-state index >= 15 is 0 Å². The van der Waals surface area contributed by atoms with E-state index in [-0.39, 0.29) is 0 Å². The van der Waals surface area contributed by atoms with Crippen molar-refractivity contribution < 1.29 is 5.11 Å². The van der Waals surface area contributed by atoms with E-state index in [1.807, 2.05) is 53.1 Å². The first kappa shape index (κ1) is 24.9. The van der Waals surface area contributed by atoms with Crippen molar-refractivity contribution in [2.45, 2.75) is 16.3 Å². The van der Waals surface area contributed by atoms with Gasteiger partial charge in [0.05, 0.1) is 33.3 Å². The van der Waals surface area contributed by atoms with Crippen LogP contribution in [0.25, 0.3) is 71.7 Å². The molecule has 1 N–H and O–H groups in total. The standard InChI is InChI=1S/C38H23N5OS/c44-36-33-31(45-38-39-27-15-7-9-17-29(27)43(36)38)21-20-30-32(33)25-14-6-8-16-28(25)42(30)37-40-34(23-11-2-1-3-12-23)26-19-18-22-10-4-5-13-24(22)35(26)41-37/h1-21,36,44H. The topological polar surface area (TPSA) is 68.8 Å². The molecule has 0 saturated heterocycles. The molecule has 1 unspecified atom stereocenters. The summed E-state index contributed by atoms with van der Waals surface area (Å²) in [6.45, 7) is 0. The highest BCUT2D eigenvalue weighted by Gasteiger charge is 2.31. The molecule has 45 heavy (non-hydrogen) atoms. The van der Waals surface area contributed by atoms with Crippen LogP contribution in [0.4, 0.5) is 0 Å². The van der Waals surface area contributed by atoms with Crippen LogP contribution in [-0.4, -0.2) is 29.2 Å². The van der Waals surface area contributed by atoms with Gasteiger partial charge < -0.3 is 5.11 Å². The Hall–Kier alpha value is -5.50. The molecule has 1 aliphatic rings. The van der Waals surface area contributed by atoms with E-state index in [0.717, 1.165) is 81.4 Å². The third-order valence-electron chi connectivity index (χ3n) is 8.93. The number of benzene rings is 6. The van der Waals surface area contributed by atoms with Gasteiger partial charge in [-0.1, -0.05) is 103 Å². The number of aromatic nitrogens is 5. The molecule has 9 aromatic rings. The van der Waals surface area contributed by atoms with Crippen molar-refractivity contribution in [2.75, 3.05) is 0 Å². The Morgan fingerprint density at radius 3 is 2.24 bits per heavy atom. The summed E-state index contributed by atoms with van der Waals surface area (Å²) in [6, 6.07) is 43.5. The second-order valence-electron chi connectivity index (χ2n) is 11.4. The average Bonchev–Trinajstić information content (AvgIpc) is 3.64. The summed E-state index contributed by atoms with van der Waals surface area (Å²) < 4.78 is 4.09. The highest BCUT2D eigenvalue weighted by atomic mass is 32.2. The van der Waals surface area contributed by atoms with Crippen LogP contribution in [0.3, 0.4) is 0 Å². The second kappa shape index (κ2) is 9.25. The van der Waals surface area contributed by atoms with Gasteiger partial charge in [-0.2, -0.15) is 0 Å². The molecule has 7 heteroatoms. The first-order valence-electron chi connectivity index (χ1n) is 14.9. The van der Waals surface area contributed by atoms with Crippen LogP contribution >= 0.6 is 11.8 Å². The lowest BCUT2D eigenvalue weighted by atomic mass is 10.0. The maximum absolute atomic E-state index is 12.1. The van der Waals surface area contributed by atoms with Gasteiger partial charge in [0.1, 0.15) is 0 Å². The van der Waals surface area contributed by atoms with Gasteiger partial charge in [-0.3, -0.25) is 9.13 Å². The van der Waals surface area contributed by atoms with Crippen molar-refractivity contribution in [1.82, 2.24) is 24.1 Å². The molecule has 0 amide bonds. The van der Waals surface area contributed by atoms with Gasteiger partial charge in [0.2, 0.25) is 5.95 Å². The molecule has 10 rings (SSSR count). The number of fused-ring (bicyclic) bond motifs is 11. The number of imidazole rings is 1. The molecule has 212 valence electrons. The maximum Gasteiger partial charge on any atom is 0.235 e. The molecular formula is C38H23N5OS. The average molecular weight is 598 g/mol. The van der Waals surface area contributed by atoms with E-state index in [2.05, 4.69) is 83.4 Å². The van der Waals surface area contributed by atoms with Crippen molar-refractivity contribution in [3.8, 4) is 17.2 Å². The predicted octanol–water partition coefficient (Wildman–Crippen LogP) is 8.90. The van der Waals surface area contributed by atoms with Crippen LogP contribution in [0.15, 0.2) is 137 Å². The normalized spacial score (nSPS) is 14.5. The van der Waals surface area contributed by atoms with E-state index in [1.54, 1.807) is 11.8 Å². The quantitative estimate of drug-likeness (QED) is 0.202. The molecule has 3 aromatic heterocycles. The lowest BCUT2D eigenvalue weighted by molar-refractivity contribution is 0.138. The van der Waals surface area contributed by atoms with Crippen molar-refractivity contribution in [2.24, 2.45) is 0 Å². The number of aliphatic hydroxyl groups is 1. The summed E-state index contributed by atoms with van der Waals surface area (Å²) in [5.74, 6) is 0.593. The van der Waals surface area contributed by atoms with Gasteiger partial charge in [0, 0.05) is 37.6 Å². The minimum atomic E-state index is -0.895. The summed E-state index contributed by atoms with van der Waals surface area (Å²) in [5.41, 5.74) is 7.41. The first-order valence-corrected chi connectivity index (χ1v) is 15.7. The fourth-order valence-electron chi connectivity index (χ4n) is 6.96. The molecule has 1 aliphatic heterocycles. The second-order valence-corrected chi connectivity index (χ2v) is 12.4. The molecule has 0 aliphatic carbocycles. The van der Waals surface area contributed by atoms with E-state index in [1.165, 1.54) is 0 Å². The van der Waals surface area contributed by atoms with Crippen LogP contribution in [0.2, 0.25) is 0 Å². The van der Waals surface area contributed by atoms with E-state index in [0.29, 0.717) is 5.95 Å². The summed E-state index contributed by atoms with van der Waals surface area (Å²) in [7, 11) is 0. The van der Waals surface area contributed by atoms with Crippen LogP contribution in [0.5, 0.6) is 0 Å². The monoisotopic (exact) mass is 597 g/mol. The summed E-state index contributed by atoms with van der Waals surface area (Å²) in [4.78, 5) is 16.4. The smallest absolute Gasteiger partial charge is 0.235 e. The number of hydrogen-bond donors (Lipinski definition) is 1. The SMILES string of the molecule is OC1c2c(ccc3c2c2ccccc2n3-c2nc(-c3ccccc3)c3ccc4ccccc4c3n2)Sc2nc3ccccc3n21. The molecule has 0 fully saturated rings. The Bertz CT molecular complexity index is 2660. The summed E-state index contributed by atoms with van der Waals surface area (Å²) in [5, 5.41) is 18.1. The van der Waals surface area contributed by atoms with Crippen molar-refractivity contribution in [3.63, 3.8) is 0 Å². The van der Waals surface area contributed by atoms with Crippen molar-refractivity contribution in [3.05, 3.63) is 133 Å². The minimum absolute atomic E-state index is 0.593. The van der Waals surface area contributed by atoms with E-state index < -0.39 is 6.23 Å². The molecule has 4 heterocycles. The fourth-order valence-corrected chi connectivity index (χ4v) is 8.05. The first-order chi connectivity index (χ1) is 22.2. The maximum atomic E-state index is 12.1. The Morgan fingerprint density at radius 1 is 0.600 bits per heavy atom. The molecule has 1 atom stereocenters.